The van der Waals surface area contributed by atoms with Crippen molar-refractivity contribution in [3.05, 3.63) is 60.2 Å². The van der Waals surface area contributed by atoms with Crippen LogP contribution in [0.3, 0.4) is 0 Å². The molecule has 0 radical (unpaired) electrons. The van der Waals surface area contributed by atoms with Crippen molar-refractivity contribution in [1.29, 1.82) is 0 Å². The number of hydrogen-bond donors (Lipinski definition) is 2. The molecule has 0 saturated heterocycles. The molecule has 5 heteroatoms. The number of carbonyl (C=O) groups is 2. The smallest absolute Gasteiger partial charge is 0.233 e. The predicted octanol–water partition coefficient (Wildman–Crippen LogP) is 3.12. The molecule has 0 unspecified atom stereocenters. The van der Waals surface area contributed by atoms with Gasteiger partial charge >= 0.3 is 0 Å². The first-order chi connectivity index (χ1) is 11.7. The van der Waals surface area contributed by atoms with Crippen LogP contribution in [0.4, 0.5) is 5.69 Å². The van der Waals surface area contributed by atoms with Gasteiger partial charge in [0.2, 0.25) is 11.8 Å². The summed E-state index contributed by atoms with van der Waals surface area (Å²) in [5.74, 6) is 0.122. The quantitative estimate of drug-likeness (QED) is 0.732. The summed E-state index contributed by atoms with van der Waals surface area (Å²) in [5, 5.41) is 5.37. The first-order valence-electron chi connectivity index (χ1n) is 8.00. The summed E-state index contributed by atoms with van der Waals surface area (Å²) in [6.07, 6.45) is 0.671. The highest BCUT2D eigenvalue weighted by molar-refractivity contribution is 6.03. The molecule has 0 spiro atoms. The zero-order chi connectivity index (χ0) is 17.2. The van der Waals surface area contributed by atoms with Crippen LogP contribution in [-0.4, -0.2) is 18.4 Å². The van der Waals surface area contributed by atoms with Gasteiger partial charge in [-0.15, -0.1) is 0 Å². The molecule has 126 valence electrons. The molecule has 0 aliphatic heterocycles. The summed E-state index contributed by atoms with van der Waals surface area (Å²) in [4.78, 5) is 23.3. The van der Waals surface area contributed by atoms with Gasteiger partial charge in [-0.05, 0) is 36.2 Å². The minimum atomic E-state index is -0.332. The topological polar surface area (TPSA) is 67.4 Å². The molecular formula is C19H22N2O3. The number of amides is 2. The molecule has 24 heavy (non-hydrogen) atoms. The maximum absolute atomic E-state index is 11.8. The highest BCUT2D eigenvalue weighted by Crippen LogP contribution is 2.17. The molecule has 0 saturated carbocycles. The first kappa shape index (κ1) is 17.5. The summed E-state index contributed by atoms with van der Waals surface area (Å²) in [6, 6.07) is 17.0. The maximum atomic E-state index is 11.8. The van der Waals surface area contributed by atoms with Crippen molar-refractivity contribution >= 4 is 17.5 Å². The van der Waals surface area contributed by atoms with Crippen LogP contribution in [-0.2, 0) is 16.2 Å². The Bertz CT molecular complexity index is 654. The third kappa shape index (κ3) is 6.12. The van der Waals surface area contributed by atoms with Gasteiger partial charge in [-0.1, -0.05) is 37.3 Å². The van der Waals surface area contributed by atoms with E-state index in [1.54, 1.807) is 24.3 Å². The number of carbonyl (C=O) groups excluding carboxylic acids is 2. The van der Waals surface area contributed by atoms with Crippen LogP contribution in [0.2, 0.25) is 0 Å². The van der Waals surface area contributed by atoms with Crippen molar-refractivity contribution in [2.75, 3.05) is 11.9 Å². The maximum Gasteiger partial charge on any atom is 0.233 e. The number of anilines is 1. The number of hydrogen-bond acceptors (Lipinski definition) is 3. The molecule has 0 bridgehead atoms. The highest BCUT2D eigenvalue weighted by atomic mass is 16.5. The SMILES string of the molecule is CCCNC(=O)CC(=O)Nc1ccc(OCc2ccccc2)cc1. The Morgan fingerprint density at radius 1 is 0.958 bits per heavy atom. The second-order valence-corrected chi connectivity index (χ2v) is 5.37. The Balaban J connectivity index is 1.79. The monoisotopic (exact) mass is 326 g/mol. The fourth-order valence-electron chi connectivity index (χ4n) is 2.05. The standard InChI is InChI=1S/C19H22N2O3/c1-2-12-20-18(22)13-19(23)21-16-8-10-17(11-9-16)24-14-15-6-4-3-5-7-15/h3-11H,2,12-14H2,1H3,(H,20,22)(H,21,23). The van der Waals surface area contributed by atoms with Crippen LogP contribution >= 0.6 is 0 Å². The van der Waals surface area contributed by atoms with Crippen molar-refractivity contribution in [2.24, 2.45) is 0 Å². The molecule has 0 aliphatic carbocycles. The summed E-state index contributed by atoms with van der Waals surface area (Å²) in [5.41, 5.74) is 1.73. The Labute approximate surface area is 142 Å². The fraction of sp³-hybridized carbons (Fsp3) is 0.263. The molecule has 2 rings (SSSR count). The van der Waals surface area contributed by atoms with E-state index in [9.17, 15) is 9.59 Å². The molecule has 0 aliphatic rings. The second-order valence-electron chi connectivity index (χ2n) is 5.37. The minimum absolute atomic E-state index is 0.174. The van der Waals surface area contributed by atoms with Gasteiger partial charge in [0.05, 0.1) is 0 Å². The van der Waals surface area contributed by atoms with E-state index in [4.69, 9.17) is 4.74 Å². The largest absolute Gasteiger partial charge is 0.489 e. The van der Waals surface area contributed by atoms with Crippen molar-refractivity contribution in [3.8, 4) is 5.75 Å². The third-order valence-corrected chi connectivity index (χ3v) is 3.28. The van der Waals surface area contributed by atoms with Gasteiger partial charge in [-0.2, -0.15) is 0 Å². The van der Waals surface area contributed by atoms with E-state index in [1.807, 2.05) is 37.3 Å². The lowest BCUT2D eigenvalue weighted by Crippen LogP contribution is -2.28. The number of benzene rings is 2. The Morgan fingerprint density at radius 2 is 1.67 bits per heavy atom. The molecule has 5 nitrogen and oxygen atoms in total. The lowest BCUT2D eigenvalue weighted by atomic mass is 10.2. The molecule has 2 amide bonds. The molecule has 2 aromatic carbocycles. The van der Waals surface area contributed by atoms with Crippen molar-refractivity contribution < 1.29 is 14.3 Å². The number of rotatable bonds is 8. The van der Waals surface area contributed by atoms with Crippen LogP contribution in [0, 0.1) is 0 Å². The second kappa shape index (κ2) is 9.35. The van der Waals surface area contributed by atoms with Gasteiger partial charge in [0.15, 0.2) is 0 Å². The number of nitrogens with one attached hydrogen (secondary N) is 2. The van der Waals surface area contributed by atoms with E-state index in [0.717, 1.165) is 17.7 Å². The zero-order valence-electron chi connectivity index (χ0n) is 13.7. The van der Waals surface area contributed by atoms with Crippen molar-refractivity contribution in [2.45, 2.75) is 26.4 Å². The van der Waals surface area contributed by atoms with E-state index >= 15 is 0 Å². The molecule has 0 aromatic heterocycles. The summed E-state index contributed by atoms with van der Waals surface area (Å²) in [7, 11) is 0. The van der Waals surface area contributed by atoms with Gasteiger partial charge in [-0.3, -0.25) is 9.59 Å². The van der Waals surface area contributed by atoms with Gasteiger partial charge in [0.1, 0.15) is 18.8 Å². The Morgan fingerprint density at radius 3 is 2.33 bits per heavy atom. The van der Waals surface area contributed by atoms with Crippen LogP contribution in [0.15, 0.2) is 54.6 Å². The lowest BCUT2D eigenvalue weighted by molar-refractivity contribution is -0.126. The number of ether oxygens (including phenoxy) is 1. The van der Waals surface area contributed by atoms with E-state index < -0.39 is 0 Å². The van der Waals surface area contributed by atoms with Gasteiger partial charge in [-0.25, -0.2) is 0 Å². The predicted molar refractivity (Wildman–Crippen MR) is 93.8 cm³/mol. The third-order valence-electron chi connectivity index (χ3n) is 3.28. The molecule has 0 fully saturated rings. The Kier molecular flexibility index (Phi) is 6.83. The summed E-state index contributed by atoms with van der Waals surface area (Å²) < 4.78 is 5.68. The molecular weight excluding hydrogens is 304 g/mol. The minimum Gasteiger partial charge on any atom is -0.489 e. The van der Waals surface area contributed by atoms with Crippen LogP contribution in [0.1, 0.15) is 25.3 Å². The first-order valence-corrected chi connectivity index (χ1v) is 8.00. The van der Waals surface area contributed by atoms with E-state index in [-0.39, 0.29) is 18.2 Å². The Hall–Kier alpha value is -2.82. The highest BCUT2D eigenvalue weighted by Gasteiger charge is 2.09. The van der Waals surface area contributed by atoms with Crippen molar-refractivity contribution in [1.82, 2.24) is 5.32 Å². The van der Waals surface area contributed by atoms with E-state index in [1.165, 1.54) is 0 Å². The summed E-state index contributed by atoms with van der Waals surface area (Å²) >= 11 is 0. The van der Waals surface area contributed by atoms with Crippen LogP contribution in [0.25, 0.3) is 0 Å². The lowest BCUT2D eigenvalue weighted by Gasteiger charge is -2.09. The van der Waals surface area contributed by atoms with Gasteiger partial charge in [0.25, 0.3) is 0 Å². The van der Waals surface area contributed by atoms with Gasteiger partial charge in [0, 0.05) is 12.2 Å². The molecule has 2 aromatic rings. The fourth-order valence-corrected chi connectivity index (χ4v) is 2.05. The summed E-state index contributed by atoms with van der Waals surface area (Å²) in [6.45, 7) is 3.03. The van der Waals surface area contributed by atoms with Crippen LogP contribution in [0.5, 0.6) is 5.75 Å². The van der Waals surface area contributed by atoms with E-state index in [2.05, 4.69) is 10.6 Å². The average Bonchev–Trinajstić information content (AvgIpc) is 2.60. The molecule has 0 atom stereocenters. The van der Waals surface area contributed by atoms with Gasteiger partial charge < -0.3 is 15.4 Å². The van der Waals surface area contributed by atoms with Crippen molar-refractivity contribution in [3.63, 3.8) is 0 Å². The van der Waals surface area contributed by atoms with E-state index in [0.29, 0.717) is 18.8 Å². The van der Waals surface area contributed by atoms with Crippen LogP contribution < -0.4 is 15.4 Å². The average molecular weight is 326 g/mol. The zero-order valence-corrected chi connectivity index (χ0v) is 13.7. The normalized spacial score (nSPS) is 10.0. The molecule has 2 N–H and O–H groups in total. The molecule has 0 heterocycles.